The van der Waals surface area contributed by atoms with E-state index in [0.29, 0.717) is 12.1 Å². The number of hydrogen-bond donors (Lipinski definition) is 0. The zero-order valence-corrected chi connectivity index (χ0v) is 15.4. The van der Waals surface area contributed by atoms with Gasteiger partial charge < -0.3 is 4.90 Å². The van der Waals surface area contributed by atoms with E-state index in [1.54, 1.807) is 6.92 Å². The average Bonchev–Trinajstić information content (AvgIpc) is 3.25. The van der Waals surface area contributed by atoms with Crippen LogP contribution in [0, 0.1) is 13.8 Å². The van der Waals surface area contributed by atoms with Crippen LogP contribution in [0.1, 0.15) is 49.7 Å². The van der Waals surface area contributed by atoms with Gasteiger partial charge in [0.15, 0.2) is 0 Å². The monoisotopic (exact) mass is 341 g/mol. The van der Waals surface area contributed by atoms with Crippen molar-refractivity contribution in [1.82, 2.24) is 24.2 Å². The number of nitrogens with zero attached hydrogens (tertiary/aromatic N) is 5. The van der Waals surface area contributed by atoms with Gasteiger partial charge in [0.05, 0.1) is 5.69 Å². The van der Waals surface area contributed by atoms with Gasteiger partial charge in [0.1, 0.15) is 0 Å². The first-order valence-electron chi connectivity index (χ1n) is 9.36. The summed E-state index contributed by atoms with van der Waals surface area (Å²) in [4.78, 5) is 25.8. The molecule has 2 fully saturated rings. The summed E-state index contributed by atoms with van der Waals surface area (Å²) in [7, 11) is 0. The Morgan fingerprint density at radius 1 is 1.16 bits per heavy atom. The number of rotatable bonds is 3. The molecule has 0 spiro atoms. The number of hydrogen-bond acceptors (Lipinski definition) is 4. The number of imidazole rings is 1. The smallest absolute Gasteiger partial charge is 0.234 e. The van der Waals surface area contributed by atoms with Crippen LogP contribution in [0.15, 0.2) is 12.3 Å². The van der Waals surface area contributed by atoms with Gasteiger partial charge in [-0.3, -0.25) is 14.1 Å². The zero-order valence-electron chi connectivity index (χ0n) is 15.4. The van der Waals surface area contributed by atoms with Crippen LogP contribution in [0.25, 0.3) is 5.78 Å². The van der Waals surface area contributed by atoms with Gasteiger partial charge in [-0.05, 0) is 52.1 Å². The second-order valence-corrected chi connectivity index (χ2v) is 7.54. The summed E-state index contributed by atoms with van der Waals surface area (Å²) in [5.74, 6) is 1.01. The molecule has 0 aromatic carbocycles. The van der Waals surface area contributed by atoms with Crippen LogP contribution in [0.4, 0.5) is 0 Å². The van der Waals surface area contributed by atoms with Crippen molar-refractivity contribution in [2.75, 3.05) is 13.1 Å². The van der Waals surface area contributed by atoms with E-state index in [1.165, 1.54) is 12.8 Å². The van der Waals surface area contributed by atoms with E-state index in [4.69, 9.17) is 4.98 Å². The van der Waals surface area contributed by atoms with Gasteiger partial charge in [0.2, 0.25) is 11.7 Å². The summed E-state index contributed by atoms with van der Waals surface area (Å²) in [6, 6.07) is 2.92. The van der Waals surface area contributed by atoms with Crippen LogP contribution in [0.3, 0.4) is 0 Å². The molecular weight excluding hydrogens is 314 g/mol. The van der Waals surface area contributed by atoms with E-state index < -0.39 is 0 Å². The SMILES string of the molecule is CC(=O)N1CCCC1C1CCCN1Cc1cn2c(C)cc(C)nc2n1. The van der Waals surface area contributed by atoms with Crippen LogP contribution >= 0.6 is 0 Å². The zero-order chi connectivity index (χ0) is 17.6. The van der Waals surface area contributed by atoms with Crippen molar-refractivity contribution < 1.29 is 4.79 Å². The topological polar surface area (TPSA) is 53.7 Å². The second kappa shape index (κ2) is 6.41. The fourth-order valence-electron chi connectivity index (χ4n) is 4.67. The van der Waals surface area contributed by atoms with E-state index in [1.807, 2.05) is 6.92 Å². The largest absolute Gasteiger partial charge is 0.338 e. The Morgan fingerprint density at radius 2 is 1.92 bits per heavy atom. The molecule has 0 bridgehead atoms. The van der Waals surface area contributed by atoms with Gasteiger partial charge in [-0.15, -0.1) is 0 Å². The van der Waals surface area contributed by atoms with Crippen LogP contribution in [0.2, 0.25) is 0 Å². The number of fused-ring (bicyclic) bond motifs is 1. The molecule has 6 heteroatoms. The van der Waals surface area contributed by atoms with Crippen LogP contribution < -0.4 is 0 Å². The summed E-state index contributed by atoms with van der Waals surface area (Å²) >= 11 is 0. The number of carbonyl (C=O) groups is 1. The van der Waals surface area contributed by atoms with Gasteiger partial charge >= 0.3 is 0 Å². The van der Waals surface area contributed by atoms with E-state index in [0.717, 1.165) is 55.3 Å². The van der Waals surface area contributed by atoms with Crippen molar-refractivity contribution in [3.8, 4) is 0 Å². The molecule has 0 N–H and O–H groups in total. The second-order valence-electron chi connectivity index (χ2n) is 7.54. The van der Waals surface area contributed by atoms with E-state index >= 15 is 0 Å². The molecule has 2 aromatic heterocycles. The van der Waals surface area contributed by atoms with Gasteiger partial charge in [-0.2, -0.15) is 0 Å². The third kappa shape index (κ3) is 3.03. The van der Waals surface area contributed by atoms with Crippen molar-refractivity contribution in [2.45, 2.75) is 65.1 Å². The first-order chi connectivity index (χ1) is 12.0. The lowest BCUT2D eigenvalue weighted by Gasteiger charge is -2.34. The minimum atomic E-state index is 0.220. The molecule has 2 saturated heterocycles. The predicted octanol–water partition coefficient (Wildman–Crippen LogP) is 2.32. The normalized spacial score (nSPS) is 24.5. The molecule has 6 nitrogen and oxygen atoms in total. The van der Waals surface area contributed by atoms with Crippen molar-refractivity contribution in [2.24, 2.45) is 0 Å². The van der Waals surface area contributed by atoms with Gasteiger partial charge in [0.25, 0.3) is 0 Å². The Balaban J connectivity index is 1.55. The highest BCUT2D eigenvalue weighted by atomic mass is 16.2. The lowest BCUT2D eigenvalue weighted by Crippen LogP contribution is -2.47. The van der Waals surface area contributed by atoms with Crippen LogP contribution in [-0.4, -0.2) is 55.2 Å². The maximum absolute atomic E-state index is 11.9. The highest BCUT2D eigenvalue weighted by Gasteiger charge is 2.38. The quantitative estimate of drug-likeness (QED) is 0.860. The number of amides is 1. The standard InChI is InChI=1S/C19H27N5O/c1-13-10-14(2)24-12-16(21-19(24)20-13)11-22-8-4-6-17(22)18-7-5-9-23(18)15(3)25/h10,12,17-18H,4-9,11H2,1-3H3. The van der Waals surface area contributed by atoms with Crippen molar-refractivity contribution >= 4 is 11.7 Å². The summed E-state index contributed by atoms with van der Waals surface area (Å²) in [5.41, 5.74) is 3.24. The fourth-order valence-corrected chi connectivity index (χ4v) is 4.67. The summed E-state index contributed by atoms with van der Waals surface area (Å²) < 4.78 is 2.07. The molecule has 0 saturated carbocycles. The Kier molecular flexibility index (Phi) is 4.23. The van der Waals surface area contributed by atoms with Crippen molar-refractivity contribution in [3.05, 3.63) is 29.3 Å². The fraction of sp³-hybridized carbons (Fsp3) is 0.632. The minimum Gasteiger partial charge on any atom is -0.338 e. The lowest BCUT2D eigenvalue weighted by molar-refractivity contribution is -0.130. The Morgan fingerprint density at radius 3 is 2.72 bits per heavy atom. The highest BCUT2D eigenvalue weighted by Crippen LogP contribution is 2.31. The highest BCUT2D eigenvalue weighted by molar-refractivity contribution is 5.74. The van der Waals surface area contributed by atoms with Crippen molar-refractivity contribution in [3.63, 3.8) is 0 Å². The first kappa shape index (κ1) is 16.5. The Labute approximate surface area is 148 Å². The summed E-state index contributed by atoms with van der Waals surface area (Å²) in [6.45, 7) is 8.65. The van der Waals surface area contributed by atoms with Crippen LogP contribution in [-0.2, 0) is 11.3 Å². The van der Waals surface area contributed by atoms with Crippen molar-refractivity contribution in [1.29, 1.82) is 0 Å². The number of aromatic nitrogens is 3. The molecule has 1 amide bonds. The molecule has 134 valence electrons. The van der Waals surface area contributed by atoms with Gasteiger partial charge in [-0.1, -0.05) is 0 Å². The molecule has 2 aliphatic rings. The molecule has 2 aliphatic heterocycles. The van der Waals surface area contributed by atoms with Crippen LogP contribution in [0.5, 0.6) is 0 Å². The third-order valence-corrected chi connectivity index (χ3v) is 5.74. The molecular formula is C19H27N5O. The average molecular weight is 341 g/mol. The number of aryl methyl sites for hydroxylation is 2. The Hall–Kier alpha value is -1.95. The molecule has 2 aromatic rings. The van der Waals surface area contributed by atoms with E-state index in [9.17, 15) is 4.79 Å². The molecule has 2 unspecified atom stereocenters. The molecule has 0 radical (unpaired) electrons. The predicted molar refractivity (Wildman–Crippen MR) is 96.3 cm³/mol. The van der Waals surface area contributed by atoms with Gasteiger partial charge in [0, 0.05) is 49.7 Å². The van der Waals surface area contributed by atoms with E-state index in [2.05, 4.69) is 38.4 Å². The summed E-state index contributed by atoms with van der Waals surface area (Å²) in [5, 5.41) is 0. The molecule has 0 aliphatic carbocycles. The minimum absolute atomic E-state index is 0.220. The maximum Gasteiger partial charge on any atom is 0.234 e. The number of likely N-dealkylation sites (tertiary alicyclic amines) is 2. The first-order valence-corrected chi connectivity index (χ1v) is 9.36. The molecule has 4 rings (SSSR count). The lowest BCUT2D eigenvalue weighted by atomic mass is 10.0. The molecule has 25 heavy (non-hydrogen) atoms. The third-order valence-electron chi connectivity index (χ3n) is 5.74. The maximum atomic E-state index is 11.9. The number of carbonyl (C=O) groups excluding carboxylic acids is 1. The van der Waals surface area contributed by atoms with E-state index in [-0.39, 0.29) is 5.91 Å². The Bertz CT molecular complexity index is 798. The molecule has 4 heterocycles. The molecule has 2 atom stereocenters. The van der Waals surface area contributed by atoms with Gasteiger partial charge in [-0.25, -0.2) is 9.97 Å². The summed E-state index contributed by atoms with van der Waals surface area (Å²) in [6.07, 6.45) is 6.76.